The average molecular weight is 371 g/mol. The highest BCUT2D eigenvalue weighted by atomic mass is 32.1. The number of nitrogens with zero attached hydrogens (tertiary/aromatic N) is 1. The van der Waals surface area contributed by atoms with Crippen LogP contribution >= 0.6 is 11.3 Å². The van der Waals surface area contributed by atoms with Gasteiger partial charge in [0.05, 0.1) is 0 Å². The van der Waals surface area contributed by atoms with Crippen LogP contribution in [0.2, 0.25) is 0 Å². The number of hydrogen-bond donors (Lipinski definition) is 0. The molecule has 26 heavy (non-hydrogen) atoms. The second kappa shape index (κ2) is 7.11. The molecule has 0 radical (unpaired) electrons. The van der Waals surface area contributed by atoms with Gasteiger partial charge in [-0.3, -0.25) is 4.79 Å². The van der Waals surface area contributed by atoms with Gasteiger partial charge in [-0.15, -0.1) is 11.3 Å². The summed E-state index contributed by atoms with van der Waals surface area (Å²) in [4.78, 5) is 28.0. The van der Waals surface area contributed by atoms with E-state index in [0.29, 0.717) is 17.4 Å². The Kier molecular flexibility index (Phi) is 4.68. The standard InChI is InChI=1S/C20H21NO4S/c1-13-5-4-8-21(10-13)18(22)12-25-20(23)17-9-14-11-24-16-7-3-2-6-15(16)19(14)26-17/h2-3,6-7,9,13H,4-5,8,10-12H2,1H3/t13-/m0/s1. The Labute approximate surface area is 156 Å². The monoisotopic (exact) mass is 371 g/mol. The van der Waals surface area contributed by atoms with E-state index in [4.69, 9.17) is 9.47 Å². The molecule has 0 spiro atoms. The van der Waals surface area contributed by atoms with Crippen LogP contribution in [0.5, 0.6) is 5.75 Å². The fraction of sp³-hybridized carbons (Fsp3) is 0.400. The molecule has 2 aliphatic heterocycles. The summed E-state index contributed by atoms with van der Waals surface area (Å²) in [6, 6.07) is 9.60. The highest BCUT2D eigenvalue weighted by Gasteiger charge is 2.25. The minimum atomic E-state index is -0.444. The van der Waals surface area contributed by atoms with Gasteiger partial charge in [-0.05, 0) is 37.0 Å². The molecule has 0 N–H and O–H groups in total. The zero-order valence-electron chi connectivity index (χ0n) is 14.7. The van der Waals surface area contributed by atoms with Crippen molar-refractivity contribution in [2.45, 2.75) is 26.4 Å². The number of esters is 1. The van der Waals surface area contributed by atoms with Gasteiger partial charge in [0.1, 0.15) is 17.2 Å². The van der Waals surface area contributed by atoms with Crippen LogP contribution in [0.1, 0.15) is 35.0 Å². The van der Waals surface area contributed by atoms with Crippen LogP contribution in [0.4, 0.5) is 0 Å². The van der Waals surface area contributed by atoms with Gasteiger partial charge < -0.3 is 14.4 Å². The number of likely N-dealkylation sites (tertiary alicyclic amines) is 1. The molecule has 1 amide bonds. The lowest BCUT2D eigenvalue weighted by Crippen LogP contribution is -2.41. The van der Waals surface area contributed by atoms with E-state index in [0.717, 1.165) is 47.7 Å². The molecular weight excluding hydrogens is 350 g/mol. The van der Waals surface area contributed by atoms with Crippen molar-refractivity contribution in [1.82, 2.24) is 4.90 Å². The predicted octanol–water partition coefficient (Wildman–Crippen LogP) is 3.72. The largest absolute Gasteiger partial charge is 0.488 e. The van der Waals surface area contributed by atoms with Gasteiger partial charge in [0.2, 0.25) is 0 Å². The number of para-hydroxylation sites is 1. The molecule has 1 fully saturated rings. The molecule has 1 saturated heterocycles. The summed E-state index contributed by atoms with van der Waals surface area (Å²) < 4.78 is 11.0. The molecule has 4 rings (SSSR count). The van der Waals surface area contributed by atoms with Gasteiger partial charge >= 0.3 is 5.97 Å². The number of ether oxygens (including phenoxy) is 2. The Balaban J connectivity index is 1.42. The predicted molar refractivity (Wildman–Crippen MR) is 99.3 cm³/mol. The molecule has 0 unspecified atom stereocenters. The van der Waals surface area contributed by atoms with E-state index in [9.17, 15) is 9.59 Å². The summed E-state index contributed by atoms with van der Waals surface area (Å²) in [5.74, 6) is 0.781. The Bertz CT molecular complexity index is 844. The molecule has 0 bridgehead atoms. The summed E-state index contributed by atoms with van der Waals surface area (Å²) in [5.41, 5.74) is 1.98. The number of rotatable bonds is 3. The van der Waals surface area contributed by atoms with E-state index in [-0.39, 0.29) is 12.5 Å². The fourth-order valence-electron chi connectivity index (χ4n) is 3.51. The summed E-state index contributed by atoms with van der Waals surface area (Å²) in [7, 11) is 0. The molecule has 1 aromatic heterocycles. The second-order valence-electron chi connectivity index (χ2n) is 6.91. The Morgan fingerprint density at radius 3 is 3.04 bits per heavy atom. The van der Waals surface area contributed by atoms with Crippen LogP contribution in [0.15, 0.2) is 30.3 Å². The minimum Gasteiger partial charge on any atom is -0.488 e. The van der Waals surface area contributed by atoms with E-state index in [2.05, 4.69) is 6.92 Å². The maximum Gasteiger partial charge on any atom is 0.348 e. The molecule has 0 saturated carbocycles. The minimum absolute atomic E-state index is 0.111. The van der Waals surface area contributed by atoms with Crippen molar-refractivity contribution in [3.05, 3.63) is 40.8 Å². The van der Waals surface area contributed by atoms with Gasteiger partial charge in [-0.25, -0.2) is 4.79 Å². The highest BCUT2D eigenvalue weighted by Crippen LogP contribution is 2.42. The van der Waals surface area contributed by atoms with Crippen LogP contribution < -0.4 is 4.74 Å². The summed E-state index contributed by atoms with van der Waals surface area (Å²) in [6.07, 6.45) is 2.16. The van der Waals surface area contributed by atoms with Gasteiger partial charge in [0.15, 0.2) is 6.61 Å². The SMILES string of the molecule is C[C@H]1CCCN(C(=O)COC(=O)c2cc3c(s2)-c2ccccc2OC3)C1. The number of carbonyl (C=O) groups is 2. The van der Waals surface area contributed by atoms with E-state index in [1.54, 1.807) is 4.90 Å². The van der Waals surface area contributed by atoms with Crippen molar-refractivity contribution >= 4 is 23.2 Å². The molecule has 1 atom stereocenters. The number of carbonyl (C=O) groups excluding carboxylic acids is 2. The van der Waals surface area contributed by atoms with Gasteiger partial charge in [0.25, 0.3) is 5.91 Å². The molecule has 5 nitrogen and oxygen atoms in total. The van der Waals surface area contributed by atoms with Gasteiger partial charge in [-0.2, -0.15) is 0 Å². The van der Waals surface area contributed by atoms with Crippen LogP contribution in [0.3, 0.4) is 0 Å². The first-order valence-electron chi connectivity index (χ1n) is 8.91. The smallest absolute Gasteiger partial charge is 0.348 e. The van der Waals surface area contributed by atoms with Crippen molar-refractivity contribution in [2.24, 2.45) is 5.92 Å². The molecule has 1 aromatic carbocycles. The first kappa shape index (κ1) is 17.1. The van der Waals surface area contributed by atoms with E-state index in [1.165, 1.54) is 11.3 Å². The van der Waals surface area contributed by atoms with E-state index >= 15 is 0 Å². The molecular formula is C20H21NO4S. The van der Waals surface area contributed by atoms with Crippen LogP contribution in [-0.2, 0) is 16.1 Å². The lowest BCUT2D eigenvalue weighted by Gasteiger charge is -2.30. The van der Waals surface area contributed by atoms with Crippen LogP contribution in [0, 0.1) is 5.92 Å². The highest BCUT2D eigenvalue weighted by molar-refractivity contribution is 7.17. The molecule has 2 aromatic rings. The third-order valence-corrected chi connectivity index (χ3v) is 6.05. The van der Waals surface area contributed by atoms with Gasteiger partial charge in [-0.1, -0.05) is 19.1 Å². The quantitative estimate of drug-likeness (QED) is 0.772. The summed E-state index contributed by atoms with van der Waals surface area (Å²) >= 11 is 1.39. The lowest BCUT2D eigenvalue weighted by molar-refractivity contribution is -0.136. The molecule has 2 aliphatic rings. The third kappa shape index (κ3) is 3.33. The number of piperidine rings is 1. The zero-order valence-corrected chi connectivity index (χ0v) is 15.5. The van der Waals surface area contributed by atoms with Crippen molar-refractivity contribution in [3.8, 4) is 16.2 Å². The lowest BCUT2D eigenvalue weighted by atomic mass is 10.0. The summed E-state index contributed by atoms with van der Waals surface area (Å²) in [5, 5.41) is 0. The molecule has 3 heterocycles. The topological polar surface area (TPSA) is 55.8 Å². The number of fused-ring (bicyclic) bond motifs is 3. The second-order valence-corrected chi connectivity index (χ2v) is 7.97. The van der Waals surface area contributed by atoms with Crippen molar-refractivity contribution < 1.29 is 19.1 Å². The zero-order chi connectivity index (χ0) is 18.1. The average Bonchev–Trinajstić information content (AvgIpc) is 3.11. The Hall–Kier alpha value is -2.34. The molecule has 6 heteroatoms. The van der Waals surface area contributed by atoms with Crippen molar-refractivity contribution in [3.63, 3.8) is 0 Å². The Morgan fingerprint density at radius 1 is 1.35 bits per heavy atom. The summed E-state index contributed by atoms with van der Waals surface area (Å²) in [6.45, 7) is 3.89. The molecule has 136 valence electrons. The first-order valence-corrected chi connectivity index (χ1v) is 9.73. The maximum atomic E-state index is 12.4. The maximum absolute atomic E-state index is 12.4. The van der Waals surface area contributed by atoms with E-state index in [1.807, 2.05) is 30.3 Å². The number of thiophene rings is 1. The van der Waals surface area contributed by atoms with E-state index < -0.39 is 5.97 Å². The number of benzene rings is 1. The van der Waals surface area contributed by atoms with Gasteiger partial charge in [0, 0.05) is 29.1 Å². The number of hydrogen-bond acceptors (Lipinski definition) is 5. The Morgan fingerprint density at radius 2 is 2.19 bits per heavy atom. The number of amides is 1. The van der Waals surface area contributed by atoms with Crippen molar-refractivity contribution in [2.75, 3.05) is 19.7 Å². The molecule has 0 aliphatic carbocycles. The normalized spacial score (nSPS) is 18.5. The first-order chi connectivity index (χ1) is 12.6. The third-order valence-electron chi connectivity index (χ3n) is 4.86. The van der Waals surface area contributed by atoms with Crippen LogP contribution in [0.25, 0.3) is 10.4 Å². The van der Waals surface area contributed by atoms with Crippen molar-refractivity contribution in [1.29, 1.82) is 0 Å². The fourth-order valence-corrected chi connectivity index (χ4v) is 4.60. The van der Waals surface area contributed by atoms with Crippen LogP contribution in [-0.4, -0.2) is 36.5 Å².